The van der Waals surface area contributed by atoms with E-state index in [0.29, 0.717) is 0 Å². The number of unbranched alkanes of at least 4 members (excludes halogenated alkanes) is 1. The van der Waals surface area contributed by atoms with E-state index in [0.717, 1.165) is 24.9 Å². The molecule has 0 unspecified atom stereocenters. The monoisotopic (exact) mass is 100 g/mol. The number of hydrogen-bond acceptors (Lipinski definition) is 1. The van der Waals surface area contributed by atoms with Crippen LogP contribution in [0.3, 0.4) is 0 Å². The van der Waals surface area contributed by atoms with E-state index in [4.69, 9.17) is 7.85 Å². The fourth-order valence-corrected chi connectivity index (χ4v) is 0.480. The summed E-state index contributed by atoms with van der Waals surface area (Å²) in [5.41, 5.74) is 0. The molecule has 0 aromatic carbocycles. The first-order valence-corrected chi connectivity index (χ1v) is 2.86. The van der Waals surface area contributed by atoms with Crippen molar-refractivity contribution < 1.29 is 0 Å². The first-order valence-electron chi connectivity index (χ1n) is 2.22. The summed E-state index contributed by atoms with van der Waals surface area (Å²) in [5, 5.41) is 0. The Morgan fingerprint density at radius 1 is 1.33 bits per heavy atom. The molecular weight excluding hydrogens is 90.9 g/mol. The molecule has 0 aromatic rings. The van der Waals surface area contributed by atoms with E-state index in [9.17, 15) is 0 Å². The molecule has 0 heterocycles. The predicted molar refractivity (Wildman–Crippen MR) is 33.6 cm³/mol. The van der Waals surface area contributed by atoms with Crippen LogP contribution in [0, 0.1) is 0 Å². The Morgan fingerprint density at radius 3 is 2.17 bits per heavy atom. The van der Waals surface area contributed by atoms with Crippen LogP contribution in [0.5, 0.6) is 0 Å². The van der Waals surface area contributed by atoms with Crippen LogP contribution in [0.25, 0.3) is 0 Å². The van der Waals surface area contributed by atoms with E-state index >= 15 is 0 Å². The Hall–Kier alpha value is 0.415. The lowest BCUT2D eigenvalue weighted by molar-refractivity contribution is 0.897. The Labute approximate surface area is 46.1 Å². The second-order valence-electron chi connectivity index (χ2n) is 1.22. The van der Waals surface area contributed by atoms with Crippen molar-refractivity contribution in [3.63, 3.8) is 0 Å². The standard InChI is InChI=1S/C4H9BS/c5-3-1-2-4-6/h6H,1-4H2. The van der Waals surface area contributed by atoms with Gasteiger partial charge in [-0.05, 0) is 12.2 Å². The molecule has 0 bridgehead atoms. The van der Waals surface area contributed by atoms with Gasteiger partial charge in [-0.2, -0.15) is 12.6 Å². The third-order valence-electron chi connectivity index (χ3n) is 0.612. The molecule has 0 nitrogen and oxygen atoms in total. The van der Waals surface area contributed by atoms with Crippen LogP contribution >= 0.6 is 12.6 Å². The van der Waals surface area contributed by atoms with Crippen molar-refractivity contribution in [1.29, 1.82) is 0 Å². The van der Waals surface area contributed by atoms with E-state index in [1.54, 1.807) is 0 Å². The van der Waals surface area contributed by atoms with Crippen LogP contribution in [0.2, 0.25) is 6.32 Å². The molecule has 2 heteroatoms. The van der Waals surface area contributed by atoms with Crippen molar-refractivity contribution in [2.24, 2.45) is 0 Å². The summed E-state index contributed by atoms with van der Waals surface area (Å²) in [6.45, 7) is 0. The van der Waals surface area contributed by atoms with Crippen molar-refractivity contribution in [1.82, 2.24) is 0 Å². The van der Waals surface area contributed by atoms with E-state index in [2.05, 4.69) is 12.6 Å². The zero-order valence-electron chi connectivity index (χ0n) is 3.85. The van der Waals surface area contributed by atoms with E-state index in [1.165, 1.54) is 0 Å². The van der Waals surface area contributed by atoms with Gasteiger partial charge in [-0.15, -0.1) is 0 Å². The first-order chi connectivity index (χ1) is 2.91. The number of rotatable bonds is 3. The fourth-order valence-electron chi connectivity index (χ4n) is 0.256. The van der Waals surface area contributed by atoms with E-state index < -0.39 is 0 Å². The van der Waals surface area contributed by atoms with Gasteiger partial charge < -0.3 is 0 Å². The summed E-state index contributed by atoms with van der Waals surface area (Å²) < 4.78 is 0. The molecule has 2 radical (unpaired) electrons. The topological polar surface area (TPSA) is 0 Å². The van der Waals surface area contributed by atoms with Gasteiger partial charge in [-0.1, -0.05) is 12.7 Å². The SMILES string of the molecule is [B]CCCCS. The summed E-state index contributed by atoms with van der Waals surface area (Å²) in [6.07, 6.45) is 3.07. The molecule has 6 heavy (non-hydrogen) atoms. The van der Waals surface area contributed by atoms with Crippen LogP contribution in [0.15, 0.2) is 0 Å². The lowest BCUT2D eigenvalue weighted by Crippen LogP contribution is -1.73. The highest BCUT2D eigenvalue weighted by Crippen LogP contribution is 1.92. The van der Waals surface area contributed by atoms with Crippen LogP contribution in [-0.4, -0.2) is 13.6 Å². The maximum atomic E-state index is 5.18. The van der Waals surface area contributed by atoms with Gasteiger partial charge in [-0.3, -0.25) is 0 Å². The van der Waals surface area contributed by atoms with Gasteiger partial charge in [0.05, 0.1) is 7.85 Å². The van der Waals surface area contributed by atoms with Gasteiger partial charge in [0.1, 0.15) is 0 Å². The van der Waals surface area contributed by atoms with Crippen molar-refractivity contribution in [2.45, 2.75) is 19.2 Å². The van der Waals surface area contributed by atoms with Crippen molar-refractivity contribution in [3.8, 4) is 0 Å². The Kier molecular flexibility index (Phi) is 5.79. The Bertz CT molecular complexity index is 19.5. The molecule has 0 aliphatic heterocycles. The van der Waals surface area contributed by atoms with Gasteiger partial charge in [0.15, 0.2) is 0 Å². The smallest absolute Gasteiger partial charge is 0.0653 e. The highest BCUT2D eigenvalue weighted by Gasteiger charge is 1.75. The highest BCUT2D eigenvalue weighted by atomic mass is 32.1. The Morgan fingerprint density at radius 2 is 2.00 bits per heavy atom. The molecule has 34 valence electrons. The maximum Gasteiger partial charge on any atom is 0.0653 e. The summed E-state index contributed by atoms with van der Waals surface area (Å²) >= 11 is 4.00. The van der Waals surface area contributed by atoms with Gasteiger partial charge in [0.2, 0.25) is 0 Å². The molecule has 0 saturated heterocycles. The average molecular weight is 100.0 g/mol. The van der Waals surface area contributed by atoms with Crippen molar-refractivity contribution in [2.75, 3.05) is 5.75 Å². The van der Waals surface area contributed by atoms with Crippen LogP contribution in [0.1, 0.15) is 12.8 Å². The lowest BCUT2D eigenvalue weighted by atomic mass is 10.0. The second-order valence-corrected chi connectivity index (χ2v) is 1.67. The molecule has 0 amide bonds. The third kappa shape index (κ3) is 4.41. The molecule has 0 aliphatic rings. The molecule has 0 saturated carbocycles. The quantitative estimate of drug-likeness (QED) is 0.308. The Balaban J connectivity index is 2.34. The second kappa shape index (κ2) is 5.41. The minimum Gasteiger partial charge on any atom is -0.179 e. The van der Waals surface area contributed by atoms with E-state index in [-0.39, 0.29) is 0 Å². The molecule has 0 atom stereocenters. The zero-order chi connectivity index (χ0) is 4.83. The summed E-state index contributed by atoms with van der Waals surface area (Å²) in [7, 11) is 5.18. The molecular formula is C4H9BS. The molecule has 0 fully saturated rings. The minimum absolute atomic E-state index is 0.806. The number of hydrogen-bond donors (Lipinski definition) is 1. The fraction of sp³-hybridized carbons (Fsp3) is 1.00. The first kappa shape index (κ1) is 6.41. The molecule has 0 aliphatic carbocycles. The summed E-state index contributed by atoms with van der Waals surface area (Å²) in [4.78, 5) is 0. The van der Waals surface area contributed by atoms with Gasteiger partial charge in [-0.25, -0.2) is 0 Å². The predicted octanol–water partition coefficient (Wildman–Crippen LogP) is 1.28. The molecule has 0 aromatic heterocycles. The van der Waals surface area contributed by atoms with Crippen LogP contribution in [0.4, 0.5) is 0 Å². The summed E-state index contributed by atoms with van der Waals surface area (Å²) in [6, 6.07) is 0. The molecule has 0 spiro atoms. The van der Waals surface area contributed by atoms with Gasteiger partial charge in [0, 0.05) is 0 Å². The highest BCUT2D eigenvalue weighted by molar-refractivity contribution is 7.80. The van der Waals surface area contributed by atoms with Crippen molar-refractivity contribution in [3.05, 3.63) is 0 Å². The molecule has 0 N–H and O–H groups in total. The van der Waals surface area contributed by atoms with Gasteiger partial charge in [0.25, 0.3) is 0 Å². The van der Waals surface area contributed by atoms with E-state index in [1.807, 2.05) is 0 Å². The number of thiol groups is 1. The average Bonchev–Trinajstić information content (AvgIpc) is 1.61. The van der Waals surface area contributed by atoms with Gasteiger partial charge >= 0.3 is 0 Å². The third-order valence-corrected chi connectivity index (χ3v) is 0.928. The largest absolute Gasteiger partial charge is 0.179 e. The normalized spacial score (nSPS) is 8.83. The van der Waals surface area contributed by atoms with Crippen molar-refractivity contribution >= 4 is 20.5 Å². The van der Waals surface area contributed by atoms with Crippen LogP contribution < -0.4 is 0 Å². The zero-order valence-corrected chi connectivity index (χ0v) is 4.75. The maximum absolute atomic E-state index is 5.18. The minimum atomic E-state index is 0.806. The van der Waals surface area contributed by atoms with Crippen LogP contribution in [-0.2, 0) is 0 Å². The lowest BCUT2D eigenvalue weighted by Gasteiger charge is -1.85. The molecule has 0 rings (SSSR count). The summed E-state index contributed by atoms with van der Waals surface area (Å²) in [5.74, 6) is 0.969.